The molecule has 0 aliphatic heterocycles. The van der Waals surface area contributed by atoms with Gasteiger partial charge in [-0.15, -0.1) is 0 Å². The third-order valence-corrected chi connectivity index (χ3v) is 2.69. The molecule has 0 aliphatic carbocycles. The second kappa shape index (κ2) is 4.75. The Balaban J connectivity index is 2.64. The van der Waals surface area contributed by atoms with Crippen molar-refractivity contribution in [3.8, 4) is 17.3 Å². The van der Waals surface area contributed by atoms with Crippen molar-refractivity contribution >= 4 is 0 Å². The van der Waals surface area contributed by atoms with Crippen molar-refractivity contribution in [1.29, 1.82) is 5.26 Å². The minimum atomic E-state index is 0.325. The molecule has 3 heteroatoms. The zero-order valence-electron chi connectivity index (χ0n) is 9.88. The van der Waals surface area contributed by atoms with E-state index < -0.39 is 0 Å². The van der Waals surface area contributed by atoms with Gasteiger partial charge < -0.3 is 0 Å². The molecule has 2 aromatic rings. The molecule has 17 heavy (non-hydrogen) atoms. The van der Waals surface area contributed by atoms with Crippen LogP contribution in [0.3, 0.4) is 0 Å². The van der Waals surface area contributed by atoms with Gasteiger partial charge in [-0.2, -0.15) is 5.26 Å². The van der Waals surface area contributed by atoms with Gasteiger partial charge in [-0.25, -0.2) is 9.97 Å². The van der Waals surface area contributed by atoms with Crippen LogP contribution < -0.4 is 0 Å². The van der Waals surface area contributed by atoms with Crippen molar-refractivity contribution in [3.63, 3.8) is 0 Å². The monoisotopic (exact) mass is 223 g/mol. The molecular formula is C14H13N3. The zero-order chi connectivity index (χ0) is 12.3. The summed E-state index contributed by atoms with van der Waals surface area (Å²) in [5.74, 6) is 0.325. The van der Waals surface area contributed by atoms with Gasteiger partial charge in [0.05, 0.1) is 11.3 Å². The molecule has 0 saturated heterocycles. The van der Waals surface area contributed by atoms with Crippen LogP contribution in [0.5, 0.6) is 0 Å². The summed E-state index contributed by atoms with van der Waals surface area (Å²) in [5.41, 5.74) is 3.44. The summed E-state index contributed by atoms with van der Waals surface area (Å²) >= 11 is 0. The van der Waals surface area contributed by atoms with E-state index in [9.17, 15) is 5.26 Å². The Morgan fingerprint density at radius 2 is 2.06 bits per heavy atom. The van der Waals surface area contributed by atoms with Crippen LogP contribution >= 0.6 is 0 Å². The average molecular weight is 223 g/mol. The number of hydrogen-bond donors (Lipinski definition) is 0. The molecule has 0 amide bonds. The molecule has 84 valence electrons. The van der Waals surface area contributed by atoms with E-state index in [0.717, 1.165) is 16.8 Å². The first-order valence-corrected chi connectivity index (χ1v) is 5.53. The molecule has 1 aromatic heterocycles. The van der Waals surface area contributed by atoms with Crippen LogP contribution in [0.4, 0.5) is 0 Å². The maximum absolute atomic E-state index is 9.32. The molecule has 0 spiro atoms. The Kier molecular flexibility index (Phi) is 3.15. The molecule has 0 unspecified atom stereocenters. The quantitative estimate of drug-likeness (QED) is 0.785. The molecule has 3 nitrogen and oxygen atoms in total. The highest BCUT2D eigenvalue weighted by Crippen LogP contribution is 2.27. The lowest BCUT2D eigenvalue weighted by Gasteiger charge is -2.11. The topological polar surface area (TPSA) is 49.6 Å². The maximum Gasteiger partial charge on any atom is 0.116 e. The van der Waals surface area contributed by atoms with Gasteiger partial charge >= 0.3 is 0 Å². The molecule has 2 rings (SSSR count). The summed E-state index contributed by atoms with van der Waals surface area (Å²) in [4.78, 5) is 8.09. The lowest BCUT2D eigenvalue weighted by Crippen LogP contribution is -1.96. The van der Waals surface area contributed by atoms with Crippen molar-refractivity contribution < 1.29 is 0 Å². The Morgan fingerprint density at radius 3 is 2.65 bits per heavy atom. The lowest BCUT2D eigenvalue weighted by atomic mass is 9.93. The van der Waals surface area contributed by atoms with Gasteiger partial charge in [-0.1, -0.05) is 32.0 Å². The van der Waals surface area contributed by atoms with Crippen LogP contribution in [0.25, 0.3) is 11.3 Å². The normalized spacial score (nSPS) is 10.2. The number of aromatic nitrogens is 2. The summed E-state index contributed by atoms with van der Waals surface area (Å²) in [6.07, 6.45) is 3.18. The van der Waals surface area contributed by atoms with Gasteiger partial charge in [-0.3, -0.25) is 0 Å². The minimum Gasteiger partial charge on any atom is -0.245 e. The summed E-state index contributed by atoms with van der Waals surface area (Å²) < 4.78 is 0. The molecule has 1 aromatic carbocycles. The fourth-order valence-corrected chi connectivity index (χ4v) is 1.84. The lowest BCUT2D eigenvalue weighted by molar-refractivity contribution is 0.863. The number of nitrogens with zero attached hydrogens (tertiary/aromatic N) is 3. The van der Waals surface area contributed by atoms with Crippen molar-refractivity contribution in [2.45, 2.75) is 19.8 Å². The van der Waals surface area contributed by atoms with Crippen LogP contribution in [0.15, 0.2) is 36.8 Å². The standard InChI is InChI=1S/C14H13N3/c1-10(2)11-4-3-5-12(13(11)8-15)14-6-7-16-9-17-14/h3-7,9-10H,1-2H3. The molecular weight excluding hydrogens is 210 g/mol. The molecule has 0 bridgehead atoms. The van der Waals surface area contributed by atoms with Gasteiger partial charge in [0.1, 0.15) is 12.4 Å². The van der Waals surface area contributed by atoms with E-state index in [1.165, 1.54) is 6.33 Å². The van der Waals surface area contributed by atoms with E-state index >= 15 is 0 Å². The third-order valence-electron chi connectivity index (χ3n) is 2.69. The van der Waals surface area contributed by atoms with E-state index in [4.69, 9.17) is 0 Å². The molecule has 0 aliphatic rings. The average Bonchev–Trinajstić information content (AvgIpc) is 2.38. The molecule has 0 N–H and O–H groups in total. The zero-order valence-corrected chi connectivity index (χ0v) is 9.88. The Labute approximate surface area is 101 Å². The first-order chi connectivity index (χ1) is 8.24. The highest BCUT2D eigenvalue weighted by atomic mass is 14.8. The minimum absolute atomic E-state index is 0.325. The SMILES string of the molecule is CC(C)c1cccc(-c2ccncn2)c1C#N. The number of benzene rings is 1. The van der Waals surface area contributed by atoms with Crippen LogP contribution in [0.1, 0.15) is 30.9 Å². The van der Waals surface area contributed by atoms with Crippen molar-refractivity contribution in [1.82, 2.24) is 9.97 Å². The highest BCUT2D eigenvalue weighted by Gasteiger charge is 2.12. The molecule has 0 fully saturated rings. The van der Waals surface area contributed by atoms with E-state index in [1.807, 2.05) is 24.3 Å². The summed E-state index contributed by atoms with van der Waals surface area (Å²) in [5, 5.41) is 9.32. The number of nitriles is 1. The second-order valence-electron chi connectivity index (χ2n) is 4.13. The van der Waals surface area contributed by atoms with E-state index in [1.54, 1.807) is 6.20 Å². The maximum atomic E-state index is 9.32. The van der Waals surface area contributed by atoms with E-state index in [2.05, 4.69) is 29.9 Å². The molecule has 0 radical (unpaired) electrons. The number of hydrogen-bond acceptors (Lipinski definition) is 3. The van der Waals surface area contributed by atoms with Crippen LogP contribution in [-0.2, 0) is 0 Å². The molecule has 0 saturated carbocycles. The fraction of sp³-hybridized carbons (Fsp3) is 0.214. The largest absolute Gasteiger partial charge is 0.245 e. The van der Waals surface area contributed by atoms with E-state index in [-0.39, 0.29) is 0 Å². The van der Waals surface area contributed by atoms with Crippen LogP contribution in [0, 0.1) is 11.3 Å². The second-order valence-corrected chi connectivity index (χ2v) is 4.13. The predicted octanol–water partition coefficient (Wildman–Crippen LogP) is 3.14. The van der Waals surface area contributed by atoms with Crippen LogP contribution in [-0.4, -0.2) is 9.97 Å². The van der Waals surface area contributed by atoms with Gasteiger partial charge in [0.2, 0.25) is 0 Å². The van der Waals surface area contributed by atoms with Crippen molar-refractivity contribution in [2.24, 2.45) is 0 Å². The summed E-state index contributed by atoms with van der Waals surface area (Å²) in [7, 11) is 0. The van der Waals surface area contributed by atoms with Gasteiger partial charge in [0.15, 0.2) is 0 Å². The Morgan fingerprint density at radius 1 is 1.24 bits per heavy atom. The molecule has 0 atom stereocenters. The third kappa shape index (κ3) is 2.16. The Hall–Kier alpha value is -2.21. The van der Waals surface area contributed by atoms with Crippen molar-refractivity contribution in [3.05, 3.63) is 47.9 Å². The summed E-state index contributed by atoms with van der Waals surface area (Å²) in [6, 6.07) is 9.99. The van der Waals surface area contributed by atoms with Crippen molar-refractivity contribution in [2.75, 3.05) is 0 Å². The van der Waals surface area contributed by atoms with Gasteiger partial charge in [-0.05, 0) is 17.5 Å². The number of rotatable bonds is 2. The van der Waals surface area contributed by atoms with Crippen LogP contribution in [0.2, 0.25) is 0 Å². The first-order valence-electron chi connectivity index (χ1n) is 5.53. The van der Waals surface area contributed by atoms with E-state index in [0.29, 0.717) is 11.5 Å². The smallest absolute Gasteiger partial charge is 0.116 e. The first kappa shape index (κ1) is 11.3. The Bertz CT molecular complexity index is 553. The summed E-state index contributed by atoms with van der Waals surface area (Å²) in [6.45, 7) is 4.17. The van der Waals surface area contributed by atoms with Gasteiger partial charge in [0.25, 0.3) is 0 Å². The fourth-order valence-electron chi connectivity index (χ4n) is 1.84. The molecule has 1 heterocycles. The van der Waals surface area contributed by atoms with Gasteiger partial charge in [0, 0.05) is 11.8 Å². The predicted molar refractivity (Wildman–Crippen MR) is 66.3 cm³/mol. The highest BCUT2D eigenvalue weighted by molar-refractivity contribution is 5.69.